The number of hydrogen-bond donors (Lipinski definition) is 1. The first-order valence-electron chi connectivity index (χ1n) is 7.26. The summed E-state index contributed by atoms with van der Waals surface area (Å²) in [6.45, 7) is 2.04. The minimum atomic E-state index is -1.08. The van der Waals surface area contributed by atoms with E-state index in [9.17, 15) is 14.7 Å². The first kappa shape index (κ1) is 12.4. The van der Waals surface area contributed by atoms with Gasteiger partial charge in [0.1, 0.15) is 5.58 Å². The number of benzene rings is 1. The Morgan fingerprint density at radius 2 is 1.95 bits per heavy atom. The van der Waals surface area contributed by atoms with Gasteiger partial charge in [-0.25, -0.2) is 9.59 Å². The van der Waals surface area contributed by atoms with Gasteiger partial charge in [0, 0.05) is 35.8 Å². The number of fused-ring (bicyclic) bond motifs is 2. The van der Waals surface area contributed by atoms with Crippen molar-refractivity contribution in [2.75, 3.05) is 18.0 Å². The molecule has 0 spiro atoms. The summed E-state index contributed by atoms with van der Waals surface area (Å²) in [6.07, 6.45) is 3.87. The molecule has 2 aliphatic heterocycles. The Balaban J connectivity index is 2.14. The van der Waals surface area contributed by atoms with Gasteiger partial charge in [-0.3, -0.25) is 0 Å². The zero-order valence-electron chi connectivity index (χ0n) is 11.5. The number of aromatic carboxylic acids is 1. The van der Waals surface area contributed by atoms with Crippen molar-refractivity contribution in [3.63, 3.8) is 0 Å². The number of hydrogen-bond acceptors (Lipinski definition) is 4. The van der Waals surface area contributed by atoms with E-state index in [1.54, 1.807) is 0 Å². The number of carbonyl (C=O) groups is 1. The second-order valence-electron chi connectivity index (χ2n) is 5.72. The lowest BCUT2D eigenvalue weighted by atomic mass is 9.89. The molecule has 0 aliphatic carbocycles. The van der Waals surface area contributed by atoms with Crippen molar-refractivity contribution < 1.29 is 14.3 Å². The molecule has 0 amide bonds. The van der Waals surface area contributed by atoms with E-state index in [0.717, 1.165) is 50.4 Å². The Morgan fingerprint density at radius 3 is 2.71 bits per heavy atom. The van der Waals surface area contributed by atoms with E-state index in [4.69, 9.17) is 4.42 Å². The van der Waals surface area contributed by atoms with E-state index < -0.39 is 11.6 Å². The zero-order chi connectivity index (χ0) is 14.6. The van der Waals surface area contributed by atoms with Crippen LogP contribution in [0.5, 0.6) is 0 Å². The monoisotopic (exact) mass is 285 g/mol. The van der Waals surface area contributed by atoms with Gasteiger partial charge in [0.15, 0.2) is 0 Å². The summed E-state index contributed by atoms with van der Waals surface area (Å²) < 4.78 is 5.38. The Labute approximate surface area is 120 Å². The third kappa shape index (κ3) is 1.77. The Kier molecular flexibility index (Phi) is 2.58. The van der Waals surface area contributed by atoms with Crippen molar-refractivity contribution in [1.82, 2.24) is 0 Å². The van der Waals surface area contributed by atoms with E-state index in [1.165, 1.54) is 11.3 Å². The minimum Gasteiger partial charge on any atom is -0.478 e. The first-order valence-corrected chi connectivity index (χ1v) is 7.26. The van der Waals surface area contributed by atoms with Crippen LogP contribution in [0.1, 0.15) is 34.3 Å². The summed E-state index contributed by atoms with van der Waals surface area (Å²) in [5, 5.41) is 9.91. The molecule has 2 aliphatic rings. The molecule has 0 saturated carbocycles. The highest BCUT2D eigenvalue weighted by molar-refractivity contribution is 6.04. The quantitative estimate of drug-likeness (QED) is 0.813. The number of anilines is 1. The van der Waals surface area contributed by atoms with E-state index in [1.807, 2.05) is 6.07 Å². The summed E-state index contributed by atoms with van der Waals surface area (Å²) in [5.74, 6) is -1.08. The van der Waals surface area contributed by atoms with Crippen molar-refractivity contribution in [2.45, 2.75) is 25.7 Å². The molecule has 0 fully saturated rings. The fourth-order valence-electron chi connectivity index (χ4n) is 3.65. The maximum atomic E-state index is 11.7. The number of aryl methyl sites for hydroxylation is 2. The molecule has 0 saturated heterocycles. The van der Waals surface area contributed by atoms with Crippen molar-refractivity contribution in [3.05, 3.63) is 39.2 Å². The lowest BCUT2D eigenvalue weighted by Gasteiger charge is -2.37. The van der Waals surface area contributed by atoms with E-state index >= 15 is 0 Å². The average Bonchev–Trinajstić information content (AvgIpc) is 2.48. The van der Waals surface area contributed by atoms with Crippen molar-refractivity contribution >= 4 is 22.6 Å². The molecular weight excluding hydrogens is 270 g/mol. The average molecular weight is 285 g/mol. The highest BCUT2D eigenvalue weighted by Gasteiger charge is 2.28. The predicted octanol–water partition coefficient (Wildman–Crippen LogP) is 2.19. The van der Waals surface area contributed by atoms with Crippen LogP contribution < -0.4 is 10.5 Å². The summed E-state index contributed by atoms with van der Waals surface area (Å²) >= 11 is 0. The van der Waals surface area contributed by atoms with Crippen LogP contribution in [0.2, 0.25) is 0 Å². The normalized spacial score (nSPS) is 16.9. The standard InChI is InChI=1S/C16H15NO4/c18-13-8-12(16(19)20)11-7-9-3-1-5-17-6-2-4-10(14(9)17)15(11)21-13/h7-8H,1-6H2,(H,19,20). The molecule has 3 heterocycles. The van der Waals surface area contributed by atoms with Crippen LogP contribution in [-0.4, -0.2) is 24.2 Å². The highest BCUT2D eigenvalue weighted by Crippen LogP contribution is 2.40. The van der Waals surface area contributed by atoms with Gasteiger partial charge in [-0.1, -0.05) is 0 Å². The largest absolute Gasteiger partial charge is 0.478 e. The molecule has 2 aromatic rings. The van der Waals surface area contributed by atoms with Crippen molar-refractivity contribution in [3.8, 4) is 0 Å². The molecular formula is C16H15NO4. The number of carboxylic acid groups (broad SMARTS) is 1. The smallest absolute Gasteiger partial charge is 0.337 e. The molecule has 1 N–H and O–H groups in total. The number of rotatable bonds is 1. The summed E-state index contributed by atoms with van der Waals surface area (Å²) in [4.78, 5) is 25.5. The molecule has 0 unspecified atom stereocenters. The van der Waals surface area contributed by atoms with E-state index in [0.29, 0.717) is 11.0 Å². The lowest BCUT2D eigenvalue weighted by Crippen LogP contribution is -2.34. The molecule has 0 bridgehead atoms. The number of nitrogens with zero attached hydrogens (tertiary/aromatic N) is 1. The molecule has 4 rings (SSSR count). The van der Waals surface area contributed by atoms with Crippen LogP contribution in [-0.2, 0) is 12.8 Å². The third-order valence-corrected chi connectivity index (χ3v) is 4.46. The van der Waals surface area contributed by atoms with Crippen LogP contribution in [0.15, 0.2) is 21.3 Å². The first-order chi connectivity index (χ1) is 10.1. The fraction of sp³-hybridized carbons (Fsp3) is 0.375. The van der Waals surface area contributed by atoms with Crippen LogP contribution in [0, 0.1) is 0 Å². The highest BCUT2D eigenvalue weighted by atomic mass is 16.4. The molecule has 108 valence electrons. The Hall–Kier alpha value is -2.30. The Morgan fingerprint density at radius 1 is 1.19 bits per heavy atom. The summed E-state index contributed by atoms with van der Waals surface area (Å²) in [7, 11) is 0. The van der Waals surface area contributed by atoms with Gasteiger partial charge in [-0.15, -0.1) is 0 Å². The molecule has 0 atom stereocenters. The van der Waals surface area contributed by atoms with Gasteiger partial charge in [0.05, 0.1) is 5.56 Å². The maximum Gasteiger partial charge on any atom is 0.337 e. The molecule has 21 heavy (non-hydrogen) atoms. The van der Waals surface area contributed by atoms with Gasteiger partial charge < -0.3 is 14.4 Å². The molecule has 1 aromatic heterocycles. The Bertz CT molecular complexity index is 819. The molecule has 5 nitrogen and oxygen atoms in total. The molecule has 0 radical (unpaired) electrons. The van der Waals surface area contributed by atoms with Gasteiger partial charge in [0.25, 0.3) is 0 Å². The third-order valence-electron chi connectivity index (χ3n) is 4.46. The topological polar surface area (TPSA) is 70.7 Å². The molecule has 1 aromatic carbocycles. The number of carboxylic acids is 1. The van der Waals surface area contributed by atoms with E-state index in [-0.39, 0.29) is 5.56 Å². The van der Waals surface area contributed by atoms with Gasteiger partial charge in [0.2, 0.25) is 0 Å². The van der Waals surface area contributed by atoms with Crippen molar-refractivity contribution in [2.24, 2.45) is 0 Å². The van der Waals surface area contributed by atoms with Crippen LogP contribution in [0.25, 0.3) is 11.0 Å². The van der Waals surface area contributed by atoms with Crippen molar-refractivity contribution in [1.29, 1.82) is 0 Å². The van der Waals surface area contributed by atoms with Gasteiger partial charge >= 0.3 is 11.6 Å². The van der Waals surface area contributed by atoms with Crippen LogP contribution in [0.3, 0.4) is 0 Å². The van der Waals surface area contributed by atoms with Crippen LogP contribution >= 0.6 is 0 Å². The SMILES string of the molecule is O=C(O)c1cc(=O)oc2c3c4c(cc12)CCCN4CCC3. The summed E-state index contributed by atoms with van der Waals surface area (Å²) in [5.41, 5.74) is 3.27. The maximum absolute atomic E-state index is 11.7. The lowest BCUT2D eigenvalue weighted by molar-refractivity contribution is 0.0698. The second kappa shape index (κ2) is 4.35. The summed E-state index contributed by atoms with van der Waals surface area (Å²) in [6, 6.07) is 2.98. The molecule has 5 heteroatoms. The van der Waals surface area contributed by atoms with E-state index in [2.05, 4.69) is 4.90 Å². The second-order valence-corrected chi connectivity index (χ2v) is 5.72. The van der Waals surface area contributed by atoms with Crippen LogP contribution in [0.4, 0.5) is 5.69 Å². The predicted molar refractivity (Wildman–Crippen MR) is 78.3 cm³/mol. The van der Waals surface area contributed by atoms with Gasteiger partial charge in [-0.2, -0.15) is 0 Å². The zero-order valence-corrected chi connectivity index (χ0v) is 11.5. The minimum absolute atomic E-state index is 0.0444. The fourth-order valence-corrected chi connectivity index (χ4v) is 3.65. The van der Waals surface area contributed by atoms with Gasteiger partial charge in [-0.05, 0) is 37.3 Å².